The lowest BCUT2D eigenvalue weighted by Gasteiger charge is -2.08. The van der Waals surface area contributed by atoms with Gasteiger partial charge in [-0.25, -0.2) is 9.78 Å². The summed E-state index contributed by atoms with van der Waals surface area (Å²) in [4.78, 5) is 40.2. The van der Waals surface area contributed by atoms with Gasteiger partial charge >= 0.3 is 5.97 Å². The highest BCUT2D eigenvalue weighted by Crippen LogP contribution is 2.23. The summed E-state index contributed by atoms with van der Waals surface area (Å²) in [7, 11) is 1.28. The molecule has 2 aromatic heterocycles. The molecule has 3 aromatic rings. The van der Waals surface area contributed by atoms with Crippen molar-refractivity contribution >= 4 is 39.2 Å². The van der Waals surface area contributed by atoms with Crippen LogP contribution in [0.1, 0.15) is 15.4 Å². The first-order chi connectivity index (χ1) is 12.0. The number of methoxy groups -OCH3 is 1. The lowest BCUT2D eigenvalue weighted by atomic mass is 10.2. The average Bonchev–Trinajstić information content (AvgIpc) is 2.97. The summed E-state index contributed by atoms with van der Waals surface area (Å²) in [5.74, 6) is -0.866. The molecule has 9 heteroatoms. The number of carbonyl (C=O) groups is 2. The van der Waals surface area contributed by atoms with E-state index < -0.39 is 5.97 Å². The summed E-state index contributed by atoms with van der Waals surface area (Å²) >= 11 is 1.04. The third-order valence-corrected chi connectivity index (χ3v) is 4.52. The van der Waals surface area contributed by atoms with E-state index in [0.717, 1.165) is 11.3 Å². The minimum absolute atomic E-state index is 0.0903. The topological polar surface area (TPSA) is 103 Å². The molecule has 128 valence electrons. The molecule has 0 saturated carbocycles. The Morgan fingerprint density at radius 3 is 2.84 bits per heavy atom. The lowest BCUT2D eigenvalue weighted by molar-refractivity contribution is -0.116. The van der Waals surface area contributed by atoms with Crippen LogP contribution >= 0.6 is 11.3 Å². The number of nitrogens with one attached hydrogen (secondary N) is 1. The molecule has 0 fully saturated rings. The zero-order chi connectivity index (χ0) is 18.0. The monoisotopic (exact) mass is 358 g/mol. The Balaban J connectivity index is 1.81. The van der Waals surface area contributed by atoms with E-state index in [2.05, 4.69) is 20.1 Å². The van der Waals surface area contributed by atoms with Crippen LogP contribution in [0.2, 0.25) is 0 Å². The van der Waals surface area contributed by atoms with Crippen LogP contribution in [-0.2, 0) is 16.1 Å². The van der Waals surface area contributed by atoms with Gasteiger partial charge in [0.1, 0.15) is 11.4 Å². The first-order valence-corrected chi connectivity index (χ1v) is 8.11. The van der Waals surface area contributed by atoms with E-state index >= 15 is 0 Å². The number of carbonyl (C=O) groups excluding carboxylic acids is 2. The molecule has 1 amide bonds. The standard InChI is InChI=1S/C16H14N4O4S/c1-9-14(15(23)24-2)25-16(18-9)19-13(22)8-20-11-6-4-3-5-10(11)12(21)7-17-20/h3-7H,8H2,1-2H3,(H,18,19,22). The molecule has 0 atom stereocenters. The Bertz CT molecular complexity index is 1020. The van der Waals surface area contributed by atoms with Crippen LogP contribution in [0.5, 0.6) is 0 Å². The van der Waals surface area contributed by atoms with Gasteiger partial charge in [0, 0.05) is 5.39 Å². The molecular formula is C16H14N4O4S. The van der Waals surface area contributed by atoms with Crippen molar-refractivity contribution in [1.82, 2.24) is 14.8 Å². The molecular weight excluding hydrogens is 344 g/mol. The van der Waals surface area contributed by atoms with Gasteiger partial charge in [-0.15, -0.1) is 0 Å². The van der Waals surface area contributed by atoms with Gasteiger partial charge in [0.25, 0.3) is 0 Å². The van der Waals surface area contributed by atoms with Crippen molar-refractivity contribution in [2.24, 2.45) is 0 Å². The van der Waals surface area contributed by atoms with Crippen molar-refractivity contribution in [2.45, 2.75) is 13.5 Å². The Morgan fingerprint density at radius 1 is 1.32 bits per heavy atom. The van der Waals surface area contributed by atoms with Crippen molar-refractivity contribution in [3.63, 3.8) is 0 Å². The number of aromatic nitrogens is 3. The highest BCUT2D eigenvalue weighted by molar-refractivity contribution is 7.17. The number of aryl methyl sites for hydroxylation is 1. The van der Waals surface area contributed by atoms with E-state index in [9.17, 15) is 14.4 Å². The molecule has 0 spiro atoms. The van der Waals surface area contributed by atoms with Gasteiger partial charge in [0.2, 0.25) is 11.3 Å². The number of thiazole rings is 1. The van der Waals surface area contributed by atoms with Crippen LogP contribution in [0.3, 0.4) is 0 Å². The van der Waals surface area contributed by atoms with Crippen LogP contribution in [0.4, 0.5) is 5.13 Å². The maximum Gasteiger partial charge on any atom is 0.350 e. The van der Waals surface area contributed by atoms with E-state index in [4.69, 9.17) is 0 Å². The second-order valence-corrected chi connectivity index (χ2v) is 6.16. The average molecular weight is 358 g/mol. The number of fused-ring (bicyclic) bond motifs is 1. The SMILES string of the molecule is COC(=O)c1sc(NC(=O)Cn2ncc(=O)c3ccccc32)nc1C. The molecule has 0 aliphatic carbocycles. The minimum atomic E-state index is -0.497. The molecule has 1 N–H and O–H groups in total. The molecule has 0 unspecified atom stereocenters. The predicted molar refractivity (Wildman–Crippen MR) is 92.8 cm³/mol. The number of para-hydroxylation sites is 1. The summed E-state index contributed by atoms with van der Waals surface area (Å²) in [5, 5.41) is 7.42. The molecule has 0 bridgehead atoms. The first kappa shape index (κ1) is 16.8. The molecule has 0 aliphatic rings. The zero-order valence-electron chi connectivity index (χ0n) is 13.5. The van der Waals surface area contributed by atoms with Crippen LogP contribution in [0, 0.1) is 6.92 Å². The normalized spacial score (nSPS) is 10.6. The summed E-state index contributed by atoms with van der Waals surface area (Å²) < 4.78 is 6.10. The Labute approximate surface area is 146 Å². The summed E-state index contributed by atoms with van der Waals surface area (Å²) in [6.07, 6.45) is 1.18. The Hall–Kier alpha value is -3.07. The second kappa shape index (κ2) is 6.81. The minimum Gasteiger partial charge on any atom is -0.465 e. The molecule has 25 heavy (non-hydrogen) atoms. The molecule has 3 rings (SSSR count). The summed E-state index contributed by atoms with van der Waals surface area (Å²) in [6.45, 7) is 1.57. The summed E-state index contributed by atoms with van der Waals surface area (Å²) in [5.41, 5.74) is 0.848. The highest BCUT2D eigenvalue weighted by Gasteiger charge is 2.17. The van der Waals surface area contributed by atoms with Gasteiger partial charge in [-0.3, -0.25) is 14.3 Å². The third-order valence-electron chi connectivity index (χ3n) is 3.47. The number of amides is 1. The van der Waals surface area contributed by atoms with Crippen LogP contribution in [-0.4, -0.2) is 33.8 Å². The van der Waals surface area contributed by atoms with E-state index in [1.165, 1.54) is 18.0 Å². The summed E-state index contributed by atoms with van der Waals surface area (Å²) in [6, 6.07) is 6.92. The van der Waals surface area contributed by atoms with E-state index in [-0.39, 0.29) is 17.9 Å². The number of esters is 1. The van der Waals surface area contributed by atoms with Crippen molar-refractivity contribution < 1.29 is 14.3 Å². The Kier molecular flexibility index (Phi) is 4.57. The fourth-order valence-corrected chi connectivity index (χ4v) is 3.21. The first-order valence-electron chi connectivity index (χ1n) is 7.30. The van der Waals surface area contributed by atoms with Gasteiger partial charge in [0.05, 0.1) is 24.5 Å². The van der Waals surface area contributed by atoms with E-state index in [1.807, 2.05) is 0 Å². The largest absolute Gasteiger partial charge is 0.465 e. The molecule has 8 nitrogen and oxygen atoms in total. The molecule has 2 heterocycles. The molecule has 1 aromatic carbocycles. The zero-order valence-corrected chi connectivity index (χ0v) is 14.3. The maximum atomic E-state index is 12.3. The molecule has 0 aliphatic heterocycles. The highest BCUT2D eigenvalue weighted by atomic mass is 32.1. The van der Waals surface area contributed by atoms with Crippen LogP contribution in [0.25, 0.3) is 10.9 Å². The number of rotatable bonds is 4. The third kappa shape index (κ3) is 3.41. The van der Waals surface area contributed by atoms with Gasteiger partial charge in [-0.05, 0) is 19.1 Å². The van der Waals surface area contributed by atoms with Crippen molar-refractivity contribution in [3.05, 3.63) is 51.3 Å². The number of anilines is 1. The second-order valence-electron chi connectivity index (χ2n) is 5.16. The molecule has 0 saturated heterocycles. The lowest BCUT2D eigenvalue weighted by Crippen LogP contribution is -2.22. The van der Waals surface area contributed by atoms with Gasteiger partial charge in [-0.1, -0.05) is 23.5 Å². The van der Waals surface area contributed by atoms with Crippen LogP contribution < -0.4 is 10.7 Å². The van der Waals surface area contributed by atoms with E-state index in [1.54, 1.807) is 31.2 Å². The van der Waals surface area contributed by atoms with Crippen LogP contribution in [0.15, 0.2) is 35.3 Å². The number of benzene rings is 1. The number of hydrogen-bond acceptors (Lipinski definition) is 7. The number of ether oxygens (including phenoxy) is 1. The quantitative estimate of drug-likeness (QED) is 0.711. The van der Waals surface area contributed by atoms with Gasteiger partial charge < -0.3 is 10.1 Å². The van der Waals surface area contributed by atoms with Crippen molar-refractivity contribution in [1.29, 1.82) is 0 Å². The number of hydrogen-bond donors (Lipinski definition) is 1. The smallest absolute Gasteiger partial charge is 0.350 e. The van der Waals surface area contributed by atoms with Gasteiger partial charge in [0.15, 0.2) is 5.13 Å². The molecule has 0 radical (unpaired) electrons. The van der Waals surface area contributed by atoms with E-state index in [0.29, 0.717) is 26.6 Å². The predicted octanol–water partition coefficient (Wildman–Crippen LogP) is 1.59. The van der Waals surface area contributed by atoms with Crippen molar-refractivity contribution in [2.75, 3.05) is 12.4 Å². The Morgan fingerprint density at radius 2 is 2.08 bits per heavy atom. The maximum absolute atomic E-state index is 12.3. The fourth-order valence-electron chi connectivity index (χ4n) is 2.31. The number of nitrogens with zero attached hydrogens (tertiary/aromatic N) is 3. The fraction of sp³-hybridized carbons (Fsp3) is 0.188. The van der Waals surface area contributed by atoms with Gasteiger partial charge in [-0.2, -0.15) is 5.10 Å². The van der Waals surface area contributed by atoms with Crippen molar-refractivity contribution in [3.8, 4) is 0 Å².